The van der Waals surface area contributed by atoms with Gasteiger partial charge >= 0.3 is 0 Å². The maximum Gasteiger partial charge on any atom is 0.252 e. The van der Waals surface area contributed by atoms with E-state index in [9.17, 15) is 14.7 Å². The van der Waals surface area contributed by atoms with Crippen molar-refractivity contribution in [1.29, 1.82) is 0 Å². The molecule has 2 heterocycles. The van der Waals surface area contributed by atoms with Crippen LogP contribution >= 0.6 is 11.3 Å². The molecule has 1 saturated heterocycles. The molecule has 6 nitrogen and oxygen atoms in total. The lowest BCUT2D eigenvalue weighted by Gasteiger charge is -2.45. The zero-order valence-electron chi connectivity index (χ0n) is 14.0. The lowest BCUT2D eigenvalue weighted by Crippen LogP contribution is -2.60. The van der Waals surface area contributed by atoms with Crippen LogP contribution in [0.25, 0.3) is 0 Å². The average Bonchev–Trinajstić information content (AvgIpc) is 3.11. The van der Waals surface area contributed by atoms with Gasteiger partial charge in [-0.05, 0) is 30.7 Å². The van der Waals surface area contributed by atoms with Gasteiger partial charge in [-0.3, -0.25) is 14.5 Å². The Morgan fingerprint density at radius 2 is 2.00 bits per heavy atom. The predicted octanol–water partition coefficient (Wildman–Crippen LogP) is 0.924. The summed E-state index contributed by atoms with van der Waals surface area (Å²) in [5, 5.41) is 17.5. The third kappa shape index (κ3) is 3.79. The van der Waals surface area contributed by atoms with Crippen molar-refractivity contribution in [2.24, 2.45) is 0 Å². The first kappa shape index (κ1) is 17.4. The number of hydrogen-bond acceptors (Lipinski definition) is 5. The van der Waals surface area contributed by atoms with Crippen LogP contribution in [0.4, 0.5) is 0 Å². The fraction of sp³-hybridized carbons (Fsp3) is 0.647. The SMILES string of the molecule is CC(=O)N1CCN([C@@H]2CCC[C@@H](NC(=O)c3ccsc3)[C@H]2O)CC1. The molecule has 7 heteroatoms. The minimum absolute atomic E-state index is 0.0561. The van der Waals surface area contributed by atoms with E-state index in [2.05, 4.69) is 10.2 Å². The van der Waals surface area contributed by atoms with Gasteiger partial charge in [-0.25, -0.2) is 0 Å². The van der Waals surface area contributed by atoms with Crippen molar-refractivity contribution in [1.82, 2.24) is 15.1 Å². The number of nitrogens with one attached hydrogen (secondary N) is 1. The van der Waals surface area contributed by atoms with Crippen molar-refractivity contribution in [3.05, 3.63) is 22.4 Å². The van der Waals surface area contributed by atoms with Crippen molar-refractivity contribution >= 4 is 23.2 Å². The van der Waals surface area contributed by atoms with Crippen LogP contribution in [-0.4, -0.2) is 71.1 Å². The third-order valence-electron chi connectivity index (χ3n) is 5.15. The number of nitrogens with zero attached hydrogens (tertiary/aromatic N) is 2. The minimum Gasteiger partial charge on any atom is -0.389 e. The number of aliphatic hydroxyl groups excluding tert-OH is 1. The first-order valence-electron chi connectivity index (χ1n) is 8.57. The highest BCUT2D eigenvalue weighted by atomic mass is 32.1. The molecule has 0 unspecified atom stereocenters. The molecule has 2 N–H and O–H groups in total. The second kappa shape index (κ2) is 7.63. The van der Waals surface area contributed by atoms with Crippen molar-refractivity contribution < 1.29 is 14.7 Å². The Balaban J connectivity index is 1.58. The maximum absolute atomic E-state index is 12.2. The molecular formula is C17H25N3O3S. The molecule has 1 aliphatic carbocycles. The van der Waals surface area contributed by atoms with E-state index < -0.39 is 6.10 Å². The Morgan fingerprint density at radius 1 is 1.25 bits per heavy atom. The van der Waals surface area contributed by atoms with Gasteiger partial charge in [0.2, 0.25) is 5.91 Å². The number of rotatable bonds is 3. The average molecular weight is 351 g/mol. The van der Waals surface area contributed by atoms with Gasteiger partial charge in [-0.1, -0.05) is 0 Å². The third-order valence-corrected chi connectivity index (χ3v) is 5.83. The van der Waals surface area contributed by atoms with Crippen LogP contribution in [0, 0.1) is 0 Å². The number of aliphatic hydroxyl groups is 1. The van der Waals surface area contributed by atoms with E-state index in [1.54, 1.807) is 13.0 Å². The molecule has 1 aliphatic heterocycles. The van der Waals surface area contributed by atoms with Crippen molar-refractivity contribution in [2.75, 3.05) is 26.2 Å². The van der Waals surface area contributed by atoms with E-state index in [-0.39, 0.29) is 23.9 Å². The van der Waals surface area contributed by atoms with E-state index in [1.807, 2.05) is 15.7 Å². The van der Waals surface area contributed by atoms with E-state index >= 15 is 0 Å². The number of carbonyl (C=O) groups excluding carboxylic acids is 2. The van der Waals surface area contributed by atoms with Crippen LogP contribution in [0.2, 0.25) is 0 Å². The summed E-state index contributed by atoms with van der Waals surface area (Å²) in [6.07, 6.45) is 2.17. The standard InChI is InChI=1S/C17H25N3O3S/c1-12(21)19-6-8-20(9-7-19)15-4-2-3-14(16(15)22)18-17(23)13-5-10-24-11-13/h5,10-11,14-16,22H,2-4,6-9H2,1H3,(H,18,23)/t14-,15-,16-/m1/s1. The van der Waals surface area contributed by atoms with Crippen LogP contribution in [0.15, 0.2) is 16.8 Å². The van der Waals surface area contributed by atoms with E-state index in [0.29, 0.717) is 18.7 Å². The molecule has 2 fully saturated rings. The van der Waals surface area contributed by atoms with Crippen molar-refractivity contribution in [2.45, 2.75) is 44.4 Å². The first-order valence-corrected chi connectivity index (χ1v) is 9.51. The summed E-state index contributed by atoms with van der Waals surface area (Å²) in [7, 11) is 0. The van der Waals surface area contributed by atoms with Crippen LogP contribution in [-0.2, 0) is 4.79 Å². The molecule has 3 atom stereocenters. The van der Waals surface area contributed by atoms with Gasteiger partial charge < -0.3 is 15.3 Å². The summed E-state index contributed by atoms with van der Waals surface area (Å²) in [6, 6.07) is 1.65. The van der Waals surface area contributed by atoms with Crippen LogP contribution in [0.1, 0.15) is 36.5 Å². The van der Waals surface area contributed by atoms with Gasteiger partial charge in [0.05, 0.1) is 12.1 Å². The molecule has 2 amide bonds. The Hall–Kier alpha value is -1.44. The van der Waals surface area contributed by atoms with Crippen LogP contribution < -0.4 is 5.32 Å². The molecule has 0 aromatic carbocycles. The lowest BCUT2D eigenvalue weighted by molar-refractivity contribution is -0.131. The number of carbonyl (C=O) groups is 2. The van der Waals surface area contributed by atoms with Gasteiger partial charge in [-0.15, -0.1) is 0 Å². The highest BCUT2D eigenvalue weighted by molar-refractivity contribution is 7.08. The highest BCUT2D eigenvalue weighted by Crippen LogP contribution is 2.25. The number of thiophene rings is 1. The fourth-order valence-electron chi connectivity index (χ4n) is 3.73. The molecule has 0 spiro atoms. The molecule has 0 radical (unpaired) electrons. The molecule has 132 valence electrons. The lowest BCUT2D eigenvalue weighted by atomic mass is 9.86. The Morgan fingerprint density at radius 3 is 2.62 bits per heavy atom. The maximum atomic E-state index is 12.2. The van der Waals surface area contributed by atoms with E-state index in [0.717, 1.165) is 32.4 Å². The first-order chi connectivity index (χ1) is 11.6. The molecule has 2 aliphatic rings. The van der Waals surface area contributed by atoms with Gasteiger partial charge in [0, 0.05) is 50.1 Å². The second-order valence-electron chi connectivity index (χ2n) is 6.62. The Bertz CT molecular complexity index is 570. The zero-order chi connectivity index (χ0) is 17.1. The molecule has 0 bridgehead atoms. The molecule has 3 rings (SSSR count). The molecule has 24 heavy (non-hydrogen) atoms. The Labute approximate surface area is 146 Å². The van der Waals surface area contributed by atoms with Crippen molar-refractivity contribution in [3.63, 3.8) is 0 Å². The minimum atomic E-state index is -0.565. The smallest absolute Gasteiger partial charge is 0.252 e. The summed E-state index contributed by atoms with van der Waals surface area (Å²) in [4.78, 5) is 27.8. The summed E-state index contributed by atoms with van der Waals surface area (Å²) >= 11 is 1.49. The number of amides is 2. The molecular weight excluding hydrogens is 326 g/mol. The Kier molecular flexibility index (Phi) is 5.53. The largest absolute Gasteiger partial charge is 0.389 e. The quantitative estimate of drug-likeness (QED) is 0.850. The van der Waals surface area contributed by atoms with Gasteiger partial charge in [0.15, 0.2) is 0 Å². The zero-order valence-corrected chi connectivity index (χ0v) is 14.8. The van der Waals surface area contributed by atoms with Crippen LogP contribution in [0.5, 0.6) is 0 Å². The fourth-order valence-corrected chi connectivity index (χ4v) is 4.36. The predicted molar refractivity (Wildman–Crippen MR) is 93.0 cm³/mol. The second-order valence-corrected chi connectivity index (χ2v) is 7.40. The number of hydrogen-bond donors (Lipinski definition) is 2. The molecule has 1 saturated carbocycles. The topological polar surface area (TPSA) is 72.9 Å². The highest BCUT2D eigenvalue weighted by Gasteiger charge is 2.37. The summed E-state index contributed by atoms with van der Waals surface area (Å²) < 4.78 is 0. The molecule has 1 aromatic heterocycles. The van der Waals surface area contributed by atoms with Crippen LogP contribution in [0.3, 0.4) is 0 Å². The van der Waals surface area contributed by atoms with Gasteiger partial charge in [-0.2, -0.15) is 11.3 Å². The van der Waals surface area contributed by atoms with E-state index in [4.69, 9.17) is 0 Å². The summed E-state index contributed by atoms with van der Waals surface area (Å²) in [6.45, 7) is 4.59. The molecule has 1 aromatic rings. The van der Waals surface area contributed by atoms with E-state index in [1.165, 1.54) is 11.3 Å². The monoisotopic (exact) mass is 351 g/mol. The van der Waals surface area contributed by atoms with Gasteiger partial charge in [0.1, 0.15) is 0 Å². The van der Waals surface area contributed by atoms with Crippen molar-refractivity contribution in [3.8, 4) is 0 Å². The summed E-state index contributed by atoms with van der Waals surface area (Å²) in [5.74, 6) is 0.00194. The summed E-state index contributed by atoms with van der Waals surface area (Å²) in [5.41, 5.74) is 0.657. The number of piperazine rings is 1. The van der Waals surface area contributed by atoms with Gasteiger partial charge in [0.25, 0.3) is 5.91 Å². The normalized spacial score (nSPS) is 28.6.